The molecule has 112 valence electrons. The van der Waals surface area contributed by atoms with E-state index in [4.69, 9.17) is 0 Å². The Kier molecular flexibility index (Phi) is 6.06. The monoisotopic (exact) mass is 292 g/mol. The number of carbonyl (C=O) groups is 2. The fraction of sp³-hybridized carbons (Fsp3) is 0.286. The number of aliphatic hydroxyl groups excluding tert-OH is 1. The van der Waals surface area contributed by atoms with Crippen LogP contribution in [0.4, 0.5) is 0 Å². The van der Waals surface area contributed by atoms with Gasteiger partial charge in [-0.1, -0.05) is 30.3 Å². The molecule has 21 heavy (non-hydrogen) atoms. The topological polar surface area (TPSA) is 105 Å². The number of aliphatic hydroxyl groups is 1. The van der Waals surface area contributed by atoms with Crippen molar-refractivity contribution in [3.05, 3.63) is 52.3 Å². The first-order chi connectivity index (χ1) is 9.99. The Hall–Kier alpha value is -2.70. The van der Waals surface area contributed by atoms with E-state index in [0.717, 1.165) is 12.5 Å². The van der Waals surface area contributed by atoms with Gasteiger partial charge in [-0.05, 0) is 17.7 Å². The zero-order valence-corrected chi connectivity index (χ0v) is 11.7. The fourth-order valence-corrected chi connectivity index (χ4v) is 1.68. The van der Waals surface area contributed by atoms with E-state index < -0.39 is 29.4 Å². The van der Waals surface area contributed by atoms with Gasteiger partial charge in [-0.3, -0.25) is 4.79 Å². The molecule has 0 heterocycles. The van der Waals surface area contributed by atoms with E-state index in [1.807, 2.05) is 6.07 Å². The smallest absolute Gasteiger partial charge is 0.328 e. The average molecular weight is 292 g/mol. The molecule has 0 aliphatic carbocycles. The highest BCUT2D eigenvalue weighted by Crippen LogP contribution is 2.07. The van der Waals surface area contributed by atoms with E-state index in [1.165, 1.54) is 7.11 Å². The normalized spacial score (nSPS) is 12.9. The van der Waals surface area contributed by atoms with Crippen molar-refractivity contribution in [3.63, 3.8) is 0 Å². The molecule has 2 N–H and O–H groups in total. The SMILES string of the molecule is COC(=O)[C@H](Cc1ccccc1)NC(=O)/C(N=O)=C(\C)O. The van der Waals surface area contributed by atoms with Crippen molar-refractivity contribution < 1.29 is 19.4 Å². The maximum atomic E-state index is 11.8. The molecule has 1 amide bonds. The summed E-state index contributed by atoms with van der Waals surface area (Å²) in [5.74, 6) is -2.12. The standard InChI is InChI=1S/C14H16N2O5/c1-9(17)12(16-20)13(18)15-11(14(19)21-2)8-10-6-4-3-5-7-10/h3-7,11,17H,8H2,1-2H3,(H,15,18)/b12-9-/t11-/m0/s1. The summed E-state index contributed by atoms with van der Waals surface area (Å²) in [6.45, 7) is 1.15. The molecule has 0 radical (unpaired) electrons. The summed E-state index contributed by atoms with van der Waals surface area (Å²) in [6, 6.07) is 7.99. The summed E-state index contributed by atoms with van der Waals surface area (Å²) < 4.78 is 4.62. The molecule has 7 nitrogen and oxygen atoms in total. The Morgan fingerprint density at radius 2 is 1.95 bits per heavy atom. The Labute approximate surface area is 121 Å². The second-order valence-corrected chi connectivity index (χ2v) is 4.26. The lowest BCUT2D eigenvalue weighted by Crippen LogP contribution is -2.43. The number of nitrogens with one attached hydrogen (secondary N) is 1. The minimum Gasteiger partial charge on any atom is -0.510 e. The van der Waals surface area contributed by atoms with Crippen LogP contribution in [-0.2, 0) is 20.7 Å². The third-order valence-electron chi connectivity index (χ3n) is 2.72. The zero-order chi connectivity index (χ0) is 15.8. The molecular formula is C14H16N2O5. The second kappa shape index (κ2) is 7.78. The third kappa shape index (κ3) is 4.72. The van der Waals surface area contributed by atoms with Gasteiger partial charge in [0.25, 0.3) is 5.91 Å². The number of ether oxygens (including phenoxy) is 1. The van der Waals surface area contributed by atoms with Crippen LogP contribution in [0.3, 0.4) is 0 Å². The number of rotatable bonds is 6. The number of esters is 1. The van der Waals surface area contributed by atoms with E-state index in [-0.39, 0.29) is 6.42 Å². The maximum absolute atomic E-state index is 11.8. The summed E-state index contributed by atoms with van der Waals surface area (Å²) in [5.41, 5.74) is 0.135. The molecule has 1 aromatic rings. The summed E-state index contributed by atoms with van der Waals surface area (Å²) >= 11 is 0. The molecular weight excluding hydrogens is 276 g/mol. The number of allylic oxidation sites excluding steroid dienone is 1. The van der Waals surface area contributed by atoms with Gasteiger partial charge < -0.3 is 15.2 Å². The third-order valence-corrected chi connectivity index (χ3v) is 2.72. The largest absolute Gasteiger partial charge is 0.510 e. The van der Waals surface area contributed by atoms with Crippen LogP contribution in [0.2, 0.25) is 0 Å². The molecule has 0 fully saturated rings. The number of methoxy groups -OCH3 is 1. The highest BCUT2D eigenvalue weighted by molar-refractivity contribution is 5.96. The van der Waals surface area contributed by atoms with Crippen molar-refractivity contribution in [1.82, 2.24) is 5.32 Å². The number of hydrogen-bond acceptors (Lipinski definition) is 6. The predicted molar refractivity (Wildman–Crippen MR) is 75.2 cm³/mol. The van der Waals surface area contributed by atoms with Crippen LogP contribution >= 0.6 is 0 Å². The second-order valence-electron chi connectivity index (χ2n) is 4.26. The van der Waals surface area contributed by atoms with Crippen molar-refractivity contribution in [1.29, 1.82) is 0 Å². The molecule has 0 bridgehead atoms. The van der Waals surface area contributed by atoms with Gasteiger partial charge in [0.2, 0.25) is 5.70 Å². The van der Waals surface area contributed by atoms with Crippen LogP contribution in [-0.4, -0.2) is 30.1 Å². The maximum Gasteiger partial charge on any atom is 0.328 e. The van der Waals surface area contributed by atoms with Crippen molar-refractivity contribution in [2.75, 3.05) is 7.11 Å². The van der Waals surface area contributed by atoms with E-state index in [0.29, 0.717) is 0 Å². The summed E-state index contributed by atoms with van der Waals surface area (Å²) in [4.78, 5) is 34.0. The summed E-state index contributed by atoms with van der Waals surface area (Å²) in [6.07, 6.45) is 0.190. The molecule has 0 aliphatic rings. The lowest BCUT2D eigenvalue weighted by Gasteiger charge is -2.16. The number of hydrogen-bond donors (Lipinski definition) is 2. The number of carbonyl (C=O) groups excluding carboxylic acids is 2. The first-order valence-corrected chi connectivity index (χ1v) is 6.15. The van der Waals surface area contributed by atoms with Crippen LogP contribution in [0.25, 0.3) is 0 Å². The molecule has 0 unspecified atom stereocenters. The Bertz CT molecular complexity index is 550. The summed E-state index contributed by atoms with van der Waals surface area (Å²) in [5, 5.41) is 14.0. The average Bonchev–Trinajstić information content (AvgIpc) is 2.47. The highest BCUT2D eigenvalue weighted by atomic mass is 16.5. The van der Waals surface area contributed by atoms with Gasteiger partial charge in [0.05, 0.1) is 7.11 Å². The van der Waals surface area contributed by atoms with Crippen LogP contribution in [0.5, 0.6) is 0 Å². The molecule has 1 aromatic carbocycles. The van der Waals surface area contributed by atoms with E-state index in [2.05, 4.69) is 15.2 Å². The van der Waals surface area contributed by atoms with Crippen LogP contribution in [0.1, 0.15) is 12.5 Å². The first-order valence-electron chi connectivity index (χ1n) is 6.15. The minimum atomic E-state index is -0.985. The Morgan fingerprint density at radius 3 is 2.43 bits per heavy atom. The van der Waals surface area contributed by atoms with Gasteiger partial charge in [-0.25, -0.2) is 4.79 Å². The van der Waals surface area contributed by atoms with Crippen LogP contribution in [0, 0.1) is 4.91 Å². The van der Waals surface area contributed by atoms with Crippen molar-refractivity contribution >= 4 is 11.9 Å². The van der Waals surface area contributed by atoms with Gasteiger partial charge in [-0.2, -0.15) is 0 Å². The van der Waals surface area contributed by atoms with Crippen LogP contribution in [0.15, 0.2) is 47.0 Å². The van der Waals surface area contributed by atoms with Gasteiger partial charge in [0.1, 0.15) is 11.8 Å². The molecule has 0 aliphatic heterocycles. The van der Waals surface area contributed by atoms with Gasteiger partial charge in [0.15, 0.2) is 0 Å². The number of nitrogens with zero attached hydrogens (tertiary/aromatic N) is 1. The van der Waals surface area contributed by atoms with Gasteiger partial charge >= 0.3 is 5.97 Å². The Morgan fingerprint density at radius 1 is 1.33 bits per heavy atom. The van der Waals surface area contributed by atoms with Gasteiger partial charge in [-0.15, -0.1) is 4.91 Å². The number of benzene rings is 1. The lowest BCUT2D eigenvalue weighted by molar-refractivity contribution is -0.144. The van der Waals surface area contributed by atoms with E-state index in [1.54, 1.807) is 24.3 Å². The molecule has 7 heteroatoms. The van der Waals surface area contributed by atoms with Crippen molar-refractivity contribution in [2.24, 2.45) is 5.18 Å². The molecule has 0 saturated carbocycles. The first kappa shape index (κ1) is 16.4. The van der Waals surface area contributed by atoms with E-state index in [9.17, 15) is 19.6 Å². The quantitative estimate of drug-likeness (QED) is 0.357. The van der Waals surface area contributed by atoms with Crippen LogP contribution < -0.4 is 5.32 Å². The molecule has 0 spiro atoms. The van der Waals surface area contributed by atoms with Gasteiger partial charge in [0, 0.05) is 6.42 Å². The minimum absolute atomic E-state index is 0.190. The predicted octanol–water partition coefficient (Wildman–Crippen LogP) is 1.44. The van der Waals surface area contributed by atoms with Crippen molar-refractivity contribution in [2.45, 2.75) is 19.4 Å². The molecule has 1 rings (SSSR count). The van der Waals surface area contributed by atoms with Crippen molar-refractivity contribution in [3.8, 4) is 0 Å². The summed E-state index contributed by atoms with van der Waals surface area (Å²) in [7, 11) is 1.19. The highest BCUT2D eigenvalue weighted by Gasteiger charge is 2.25. The molecule has 1 atom stereocenters. The molecule has 0 saturated heterocycles. The fourth-order valence-electron chi connectivity index (χ4n) is 1.68. The number of nitroso groups, excluding NO2 is 1. The number of amides is 1. The molecule has 0 aromatic heterocycles. The lowest BCUT2D eigenvalue weighted by atomic mass is 10.1. The Balaban J connectivity index is 2.90. The van der Waals surface area contributed by atoms with E-state index >= 15 is 0 Å². The zero-order valence-electron chi connectivity index (χ0n) is 11.7.